The fourth-order valence-corrected chi connectivity index (χ4v) is 2.02. The zero-order valence-corrected chi connectivity index (χ0v) is 11.2. The minimum atomic E-state index is -0.320. The Morgan fingerprint density at radius 1 is 1.11 bits per heavy atom. The summed E-state index contributed by atoms with van der Waals surface area (Å²) >= 11 is 5.98. The highest BCUT2D eigenvalue weighted by Crippen LogP contribution is 2.19. The Kier molecular flexibility index (Phi) is 4.51. The maximum absolute atomic E-state index is 13.1. The Balaban J connectivity index is 2.04. The van der Waals surface area contributed by atoms with Gasteiger partial charge in [0, 0.05) is 17.6 Å². The third-order valence-corrected chi connectivity index (χ3v) is 3.32. The summed E-state index contributed by atoms with van der Waals surface area (Å²) in [4.78, 5) is 0. The first-order chi connectivity index (χ1) is 9.06. The standard InChI is InChI=1S/C15H14ClF2N/c1-10(11-3-2-4-13(17)7-11)19-9-12-8-14(18)5-6-15(12)16/h2-8,10,19H,9H2,1H3. The van der Waals surface area contributed by atoms with E-state index in [0.717, 1.165) is 5.56 Å². The topological polar surface area (TPSA) is 12.0 Å². The molecule has 0 amide bonds. The smallest absolute Gasteiger partial charge is 0.123 e. The van der Waals surface area contributed by atoms with Crippen molar-refractivity contribution in [2.24, 2.45) is 0 Å². The van der Waals surface area contributed by atoms with Crippen LogP contribution >= 0.6 is 11.6 Å². The van der Waals surface area contributed by atoms with E-state index in [1.807, 2.05) is 13.0 Å². The van der Waals surface area contributed by atoms with Crippen LogP contribution in [-0.2, 0) is 6.54 Å². The van der Waals surface area contributed by atoms with E-state index in [4.69, 9.17) is 11.6 Å². The van der Waals surface area contributed by atoms with Crippen LogP contribution in [0.3, 0.4) is 0 Å². The largest absolute Gasteiger partial charge is 0.306 e. The van der Waals surface area contributed by atoms with Gasteiger partial charge >= 0.3 is 0 Å². The highest BCUT2D eigenvalue weighted by Gasteiger charge is 2.08. The summed E-state index contributed by atoms with van der Waals surface area (Å²) in [7, 11) is 0. The lowest BCUT2D eigenvalue weighted by Crippen LogP contribution is -2.18. The molecule has 0 radical (unpaired) electrons. The summed E-state index contributed by atoms with van der Waals surface area (Å²) in [5.74, 6) is -0.588. The van der Waals surface area contributed by atoms with Crippen LogP contribution in [0.15, 0.2) is 42.5 Å². The van der Waals surface area contributed by atoms with Gasteiger partial charge in [0.2, 0.25) is 0 Å². The summed E-state index contributed by atoms with van der Waals surface area (Å²) in [5.41, 5.74) is 1.53. The van der Waals surface area contributed by atoms with Gasteiger partial charge in [-0.3, -0.25) is 0 Å². The number of rotatable bonds is 4. The van der Waals surface area contributed by atoms with E-state index in [9.17, 15) is 8.78 Å². The lowest BCUT2D eigenvalue weighted by molar-refractivity contribution is 0.561. The molecular weight excluding hydrogens is 268 g/mol. The quantitative estimate of drug-likeness (QED) is 0.872. The lowest BCUT2D eigenvalue weighted by atomic mass is 10.1. The Morgan fingerprint density at radius 2 is 1.84 bits per heavy atom. The van der Waals surface area contributed by atoms with Crippen molar-refractivity contribution in [1.82, 2.24) is 5.32 Å². The van der Waals surface area contributed by atoms with Crippen molar-refractivity contribution >= 4 is 11.6 Å². The van der Waals surface area contributed by atoms with Crippen LogP contribution in [0.1, 0.15) is 24.1 Å². The van der Waals surface area contributed by atoms with Gasteiger partial charge < -0.3 is 5.32 Å². The normalized spacial score (nSPS) is 12.4. The van der Waals surface area contributed by atoms with Crippen LogP contribution in [-0.4, -0.2) is 0 Å². The van der Waals surface area contributed by atoms with Gasteiger partial charge in [0.1, 0.15) is 11.6 Å². The fourth-order valence-electron chi connectivity index (χ4n) is 1.84. The lowest BCUT2D eigenvalue weighted by Gasteiger charge is -2.15. The van der Waals surface area contributed by atoms with Crippen molar-refractivity contribution in [2.45, 2.75) is 19.5 Å². The molecule has 2 aromatic rings. The predicted molar refractivity (Wildman–Crippen MR) is 73.1 cm³/mol. The first kappa shape index (κ1) is 14.0. The number of benzene rings is 2. The van der Waals surface area contributed by atoms with Crippen LogP contribution in [0.4, 0.5) is 8.78 Å². The van der Waals surface area contributed by atoms with Gasteiger partial charge in [0.15, 0.2) is 0 Å². The second-order valence-electron chi connectivity index (χ2n) is 4.39. The Bertz CT molecular complexity index is 572. The van der Waals surface area contributed by atoms with E-state index in [1.54, 1.807) is 6.07 Å². The third-order valence-electron chi connectivity index (χ3n) is 2.96. The highest BCUT2D eigenvalue weighted by atomic mass is 35.5. The molecule has 0 saturated heterocycles. The van der Waals surface area contributed by atoms with Crippen LogP contribution in [0.25, 0.3) is 0 Å². The summed E-state index contributed by atoms with van der Waals surface area (Å²) < 4.78 is 26.2. The maximum Gasteiger partial charge on any atom is 0.123 e. The summed E-state index contributed by atoms with van der Waals surface area (Å²) in [6.07, 6.45) is 0. The maximum atomic E-state index is 13.1. The van der Waals surface area contributed by atoms with Gasteiger partial charge in [-0.1, -0.05) is 23.7 Å². The van der Waals surface area contributed by atoms with Crippen molar-refractivity contribution in [3.05, 3.63) is 70.2 Å². The molecule has 0 aliphatic carbocycles. The van der Waals surface area contributed by atoms with Crippen LogP contribution in [0.5, 0.6) is 0 Å². The highest BCUT2D eigenvalue weighted by molar-refractivity contribution is 6.31. The van der Waals surface area contributed by atoms with Gasteiger partial charge in [-0.05, 0) is 48.4 Å². The van der Waals surface area contributed by atoms with Crippen molar-refractivity contribution in [3.8, 4) is 0 Å². The van der Waals surface area contributed by atoms with Crippen LogP contribution in [0, 0.1) is 11.6 Å². The molecule has 0 heterocycles. The Labute approximate surface area is 116 Å². The average Bonchev–Trinajstić information content (AvgIpc) is 2.39. The molecule has 4 heteroatoms. The minimum absolute atomic E-state index is 0.0463. The van der Waals surface area contributed by atoms with E-state index < -0.39 is 0 Å². The van der Waals surface area contributed by atoms with Gasteiger partial charge in [0.25, 0.3) is 0 Å². The van der Waals surface area contributed by atoms with E-state index >= 15 is 0 Å². The molecule has 0 fully saturated rings. The summed E-state index contributed by atoms with van der Waals surface area (Å²) in [6, 6.07) is 10.6. The second-order valence-corrected chi connectivity index (χ2v) is 4.80. The molecule has 0 aliphatic rings. The van der Waals surface area contributed by atoms with E-state index in [2.05, 4.69) is 5.32 Å². The molecule has 1 N–H and O–H groups in total. The minimum Gasteiger partial charge on any atom is -0.306 e. The molecular formula is C15H14ClF2N. The predicted octanol–water partition coefficient (Wildman–Crippen LogP) is 4.47. The van der Waals surface area contributed by atoms with Gasteiger partial charge in [-0.2, -0.15) is 0 Å². The molecule has 1 atom stereocenters. The van der Waals surface area contributed by atoms with E-state index in [1.165, 1.54) is 30.3 Å². The number of nitrogens with one attached hydrogen (secondary N) is 1. The summed E-state index contributed by atoms with van der Waals surface area (Å²) in [5, 5.41) is 3.71. The van der Waals surface area contributed by atoms with Gasteiger partial charge in [-0.15, -0.1) is 0 Å². The van der Waals surface area contributed by atoms with Gasteiger partial charge in [0.05, 0.1) is 0 Å². The molecule has 0 bridgehead atoms. The van der Waals surface area contributed by atoms with Crippen molar-refractivity contribution in [2.75, 3.05) is 0 Å². The van der Waals surface area contributed by atoms with E-state index in [0.29, 0.717) is 17.1 Å². The first-order valence-electron chi connectivity index (χ1n) is 5.99. The van der Waals surface area contributed by atoms with Crippen molar-refractivity contribution in [1.29, 1.82) is 0 Å². The zero-order valence-electron chi connectivity index (χ0n) is 10.5. The average molecular weight is 282 g/mol. The number of hydrogen-bond donors (Lipinski definition) is 1. The molecule has 0 saturated carbocycles. The molecule has 0 aromatic heterocycles. The molecule has 1 unspecified atom stereocenters. The van der Waals surface area contributed by atoms with Gasteiger partial charge in [-0.25, -0.2) is 8.78 Å². The molecule has 0 spiro atoms. The van der Waals surface area contributed by atoms with Crippen LogP contribution in [0.2, 0.25) is 5.02 Å². The SMILES string of the molecule is CC(NCc1cc(F)ccc1Cl)c1cccc(F)c1. The summed E-state index contributed by atoms with van der Waals surface area (Å²) in [6.45, 7) is 2.34. The number of hydrogen-bond acceptors (Lipinski definition) is 1. The Hall–Kier alpha value is -1.45. The zero-order chi connectivity index (χ0) is 13.8. The molecule has 19 heavy (non-hydrogen) atoms. The third kappa shape index (κ3) is 3.75. The number of halogens is 3. The first-order valence-corrected chi connectivity index (χ1v) is 6.37. The monoisotopic (exact) mass is 281 g/mol. The fraction of sp³-hybridized carbons (Fsp3) is 0.200. The van der Waals surface area contributed by atoms with Crippen LogP contribution < -0.4 is 5.32 Å². The second kappa shape index (κ2) is 6.13. The van der Waals surface area contributed by atoms with Crippen molar-refractivity contribution < 1.29 is 8.78 Å². The molecule has 100 valence electrons. The van der Waals surface area contributed by atoms with E-state index in [-0.39, 0.29) is 17.7 Å². The molecule has 1 nitrogen and oxygen atoms in total. The molecule has 2 rings (SSSR count). The molecule has 0 aliphatic heterocycles. The Morgan fingerprint density at radius 3 is 2.58 bits per heavy atom. The molecule has 2 aromatic carbocycles. The van der Waals surface area contributed by atoms with Crippen molar-refractivity contribution in [3.63, 3.8) is 0 Å².